The van der Waals surface area contributed by atoms with Gasteiger partial charge in [0.2, 0.25) is 0 Å². The average molecular weight is 324 g/mol. The van der Waals surface area contributed by atoms with Gasteiger partial charge in [-0.25, -0.2) is 4.79 Å². The normalized spacial score (nSPS) is 18.3. The van der Waals surface area contributed by atoms with Crippen LogP contribution in [0, 0.1) is 0 Å². The lowest BCUT2D eigenvalue weighted by atomic mass is 10.1. The first-order chi connectivity index (χ1) is 11.1. The highest BCUT2D eigenvalue weighted by atomic mass is 16.5. The van der Waals surface area contributed by atoms with E-state index in [0.717, 1.165) is 19.4 Å². The molecule has 1 fully saturated rings. The molecule has 7 heteroatoms. The average Bonchev–Trinajstić information content (AvgIpc) is 3.10. The third kappa shape index (κ3) is 5.01. The largest absolute Gasteiger partial charge is 0.497 e. The number of hydrogen-bond donors (Lipinski definition) is 3. The van der Waals surface area contributed by atoms with Crippen LogP contribution < -0.4 is 20.1 Å². The maximum atomic E-state index is 11.8. The van der Waals surface area contributed by atoms with Crippen LogP contribution in [0.4, 0.5) is 4.79 Å². The molecule has 3 N–H and O–H groups in total. The number of ether oxygens (including phenoxy) is 3. The van der Waals surface area contributed by atoms with Gasteiger partial charge in [-0.15, -0.1) is 0 Å². The number of rotatable bonds is 7. The lowest BCUT2D eigenvalue weighted by Crippen LogP contribution is -2.41. The molecule has 2 amide bonds. The van der Waals surface area contributed by atoms with Crippen LogP contribution in [0.1, 0.15) is 24.5 Å². The van der Waals surface area contributed by atoms with E-state index in [0.29, 0.717) is 23.6 Å². The highest BCUT2D eigenvalue weighted by molar-refractivity contribution is 5.73. The van der Waals surface area contributed by atoms with Crippen LogP contribution in [-0.4, -0.2) is 51.2 Å². The summed E-state index contributed by atoms with van der Waals surface area (Å²) in [6.07, 6.45) is 1.18. The Kier molecular flexibility index (Phi) is 6.49. The fraction of sp³-hybridized carbons (Fsp3) is 0.562. The van der Waals surface area contributed by atoms with Gasteiger partial charge in [0.05, 0.1) is 20.3 Å². The quantitative estimate of drug-likeness (QED) is 0.702. The molecule has 7 nitrogen and oxygen atoms in total. The Labute approximate surface area is 135 Å². The van der Waals surface area contributed by atoms with Crippen molar-refractivity contribution in [2.24, 2.45) is 0 Å². The summed E-state index contributed by atoms with van der Waals surface area (Å²) in [5.74, 6) is 1.16. The summed E-state index contributed by atoms with van der Waals surface area (Å²) in [5.41, 5.74) is 0.561. The molecule has 1 aromatic carbocycles. The highest BCUT2D eigenvalue weighted by Crippen LogP contribution is 2.29. The van der Waals surface area contributed by atoms with Crippen molar-refractivity contribution < 1.29 is 24.1 Å². The predicted molar refractivity (Wildman–Crippen MR) is 84.9 cm³/mol. The Morgan fingerprint density at radius 2 is 2.22 bits per heavy atom. The fourth-order valence-electron chi connectivity index (χ4n) is 2.47. The zero-order valence-corrected chi connectivity index (χ0v) is 13.5. The number of carbonyl (C=O) groups excluding carboxylic acids is 1. The van der Waals surface area contributed by atoms with Gasteiger partial charge in [-0.3, -0.25) is 0 Å². The topological polar surface area (TPSA) is 89.0 Å². The van der Waals surface area contributed by atoms with Gasteiger partial charge in [0, 0.05) is 25.3 Å². The zero-order valence-electron chi connectivity index (χ0n) is 13.5. The first-order valence-corrected chi connectivity index (χ1v) is 7.67. The molecule has 0 aromatic heterocycles. The Hall–Kier alpha value is -1.99. The molecule has 1 aliphatic rings. The van der Waals surface area contributed by atoms with Gasteiger partial charge < -0.3 is 30.0 Å². The van der Waals surface area contributed by atoms with Gasteiger partial charge in [-0.2, -0.15) is 0 Å². The van der Waals surface area contributed by atoms with E-state index in [2.05, 4.69) is 10.6 Å². The summed E-state index contributed by atoms with van der Waals surface area (Å²) in [6, 6.07) is 4.82. The Bertz CT molecular complexity index is 517. The molecule has 23 heavy (non-hydrogen) atoms. The molecular weight excluding hydrogens is 300 g/mol. The number of methoxy groups -OCH3 is 2. The molecule has 0 bridgehead atoms. The van der Waals surface area contributed by atoms with E-state index >= 15 is 0 Å². The molecule has 2 rings (SSSR count). The van der Waals surface area contributed by atoms with Gasteiger partial charge >= 0.3 is 6.03 Å². The third-order valence-electron chi connectivity index (χ3n) is 3.77. The second-order valence-electron chi connectivity index (χ2n) is 5.35. The van der Waals surface area contributed by atoms with Crippen molar-refractivity contribution in [3.63, 3.8) is 0 Å². The standard InChI is InChI=1S/C16H24N2O5/c1-21-11-5-6-15(22-2)13(8-11)14(19)10-18-16(20)17-9-12-4-3-7-23-12/h5-6,8,12,14,19H,3-4,7,9-10H2,1-2H3,(H2,17,18,20)/t12-,14-/m0/s1. The molecule has 0 aliphatic carbocycles. The monoisotopic (exact) mass is 324 g/mol. The summed E-state index contributed by atoms with van der Waals surface area (Å²) in [5, 5.41) is 15.7. The Balaban J connectivity index is 1.83. The van der Waals surface area contributed by atoms with E-state index < -0.39 is 6.10 Å². The molecule has 1 aromatic rings. The van der Waals surface area contributed by atoms with Gasteiger partial charge in [0.25, 0.3) is 0 Å². The van der Waals surface area contributed by atoms with Crippen molar-refractivity contribution in [1.82, 2.24) is 10.6 Å². The second kappa shape index (κ2) is 8.59. The number of carbonyl (C=O) groups is 1. The molecule has 0 unspecified atom stereocenters. The zero-order chi connectivity index (χ0) is 16.7. The SMILES string of the molecule is COc1ccc(OC)c([C@@H](O)CNC(=O)NC[C@@H]2CCCO2)c1. The molecule has 1 aliphatic heterocycles. The van der Waals surface area contributed by atoms with E-state index in [-0.39, 0.29) is 18.7 Å². The fourth-order valence-corrected chi connectivity index (χ4v) is 2.47. The summed E-state index contributed by atoms with van der Waals surface area (Å²) >= 11 is 0. The molecule has 0 spiro atoms. The van der Waals surface area contributed by atoms with Crippen molar-refractivity contribution in [1.29, 1.82) is 0 Å². The van der Waals surface area contributed by atoms with E-state index in [4.69, 9.17) is 14.2 Å². The summed E-state index contributed by atoms with van der Waals surface area (Å²) in [4.78, 5) is 11.8. The lowest BCUT2D eigenvalue weighted by Gasteiger charge is -2.17. The van der Waals surface area contributed by atoms with Gasteiger partial charge in [-0.1, -0.05) is 0 Å². The molecule has 2 atom stereocenters. The van der Waals surface area contributed by atoms with Crippen LogP contribution in [-0.2, 0) is 4.74 Å². The third-order valence-corrected chi connectivity index (χ3v) is 3.77. The van der Waals surface area contributed by atoms with Crippen LogP contribution in [0.15, 0.2) is 18.2 Å². The Morgan fingerprint density at radius 3 is 2.87 bits per heavy atom. The number of amides is 2. The first-order valence-electron chi connectivity index (χ1n) is 7.67. The van der Waals surface area contributed by atoms with Crippen LogP contribution in [0.5, 0.6) is 11.5 Å². The Morgan fingerprint density at radius 1 is 1.39 bits per heavy atom. The van der Waals surface area contributed by atoms with Crippen LogP contribution >= 0.6 is 0 Å². The maximum absolute atomic E-state index is 11.8. The summed E-state index contributed by atoms with van der Waals surface area (Å²) in [6.45, 7) is 1.30. The van der Waals surface area contributed by atoms with Crippen molar-refractivity contribution in [2.45, 2.75) is 25.0 Å². The minimum atomic E-state index is -0.895. The molecule has 0 radical (unpaired) electrons. The minimum absolute atomic E-state index is 0.0703. The van der Waals surface area contributed by atoms with Gasteiger partial charge in [-0.05, 0) is 31.0 Å². The van der Waals surface area contributed by atoms with Gasteiger partial charge in [0.15, 0.2) is 0 Å². The number of hydrogen-bond acceptors (Lipinski definition) is 5. The van der Waals surface area contributed by atoms with Crippen molar-refractivity contribution >= 4 is 6.03 Å². The van der Waals surface area contributed by atoms with E-state index in [1.807, 2.05) is 0 Å². The summed E-state index contributed by atoms with van der Waals surface area (Å²) in [7, 11) is 3.08. The second-order valence-corrected chi connectivity index (χ2v) is 5.35. The lowest BCUT2D eigenvalue weighted by molar-refractivity contribution is 0.111. The van der Waals surface area contributed by atoms with Gasteiger partial charge in [0.1, 0.15) is 17.6 Å². The smallest absolute Gasteiger partial charge is 0.314 e. The number of benzene rings is 1. The van der Waals surface area contributed by atoms with Crippen LogP contribution in [0.2, 0.25) is 0 Å². The molecule has 1 heterocycles. The highest BCUT2D eigenvalue weighted by Gasteiger charge is 2.18. The summed E-state index contributed by atoms with van der Waals surface area (Å²) < 4.78 is 15.8. The maximum Gasteiger partial charge on any atom is 0.314 e. The number of urea groups is 1. The molecule has 0 saturated carbocycles. The van der Waals surface area contributed by atoms with Crippen LogP contribution in [0.25, 0.3) is 0 Å². The molecule has 1 saturated heterocycles. The molecular formula is C16H24N2O5. The van der Waals surface area contributed by atoms with Crippen molar-refractivity contribution in [3.05, 3.63) is 23.8 Å². The number of aliphatic hydroxyl groups excluding tert-OH is 1. The predicted octanol–water partition coefficient (Wildman–Crippen LogP) is 1.22. The first kappa shape index (κ1) is 17.4. The van der Waals surface area contributed by atoms with E-state index in [1.54, 1.807) is 25.3 Å². The minimum Gasteiger partial charge on any atom is -0.497 e. The van der Waals surface area contributed by atoms with E-state index in [1.165, 1.54) is 7.11 Å². The number of aliphatic hydroxyl groups is 1. The molecule has 128 valence electrons. The van der Waals surface area contributed by atoms with Crippen molar-refractivity contribution in [2.75, 3.05) is 33.9 Å². The van der Waals surface area contributed by atoms with E-state index in [9.17, 15) is 9.90 Å². The van der Waals surface area contributed by atoms with Crippen LogP contribution in [0.3, 0.4) is 0 Å². The van der Waals surface area contributed by atoms with Crippen molar-refractivity contribution in [3.8, 4) is 11.5 Å². The number of nitrogens with one attached hydrogen (secondary N) is 2.